The summed E-state index contributed by atoms with van der Waals surface area (Å²) in [5, 5.41) is 3.89. The van der Waals surface area contributed by atoms with Crippen molar-refractivity contribution in [1.29, 1.82) is 0 Å². The zero-order chi connectivity index (χ0) is 23.8. The van der Waals surface area contributed by atoms with E-state index in [0.29, 0.717) is 6.61 Å². The first-order chi connectivity index (χ1) is 17.2. The number of benzene rings is 4. The number of aryl methyl sites for hydroxylation is 1. The molecule has 0 saturated carbocycles. The molecule has 0 bridgehead atoms. The van der Waals surface area contributed by atoms with Gasteiger partial charge in [0.05, 0.1) is 11.2 Å². The molecule has 0 N–H and O–H groups in total. The van der Waals surface area contributed by atoms with Gasteiger partial charge < -0.3 is 4.74 Å². The third-order valence-electron chi connectivity index (χ3n) is 7.26. The number of nitrogens with zero attached hydrogens (tertiary/aromatic N) is 2. The standard InChI is InChI=1S/C32H30N2O/c1-3-34-19-18-26-28(20-34)32(33-29-17-16-24-8-4-5-9-25(24)31(26)29)27-10-6-7-11-30(27)35-21-23-14-12-22(2)13-15-23/h4-17H,3,18-21H2,1-2H3. The molecule has 174 valence electrons. The van der Waals surface area contributed by atoms with Crippen molar-refractivity contribution in [3.63, 3.8) is 0 Å². The average molecular weight is 459 g/mol. The van der Waals surface area contributed by atoms with Crippen LogP contribution in [0.1, 0.15) is 29.2 Å². The van der Waals surface area contributed by atoms with Crippen molar-refractivity contribution in [3.05, 3.63) is 107 Å². The molecule has 0 aliphatic carbocycles. The fourth-order valence-electron chi connectivity index (χ4n) is 5.30. The summed E-state index contributed by atoms with van der Waals surface area (Å²) in [6, 6.07) is 30.0. The zero-order valence-electron chi connectivity index (χ0n) is 20.4. The number of ether oxygens (including phenoxy) is 1. The van der Waals surface area contributed by atoms with Crippen LogP contribution < -0.4 is 4.74 Å². The molecule has 4 aromatic carbocycles. The fourth-order valence-corrected chi connectivity index (χ4v) is 5.30. The van der Waals surface area contributed by atoms with E-state index in [-0.39, 0.29) is 0 Å². The summed E-state index contributed by atoms with van der Waals surface area (Å²) in [6.45, 7) is 7.93. The Morgan fingerprint density at radius 3 is 2.51 bits per heavy atom. The maximum Gasteiger partial charge on any atom is 0.129 e. The summed E-state index contributed by atoms with van der Waals surface area (Å²) >= 11 is 0. The smallest absolute Gasteiger partial charge is 0.129 e. The van der Waals surface area contributed by atoms with E-state index in [1.165, 1.54) is 38.4 Å². The van der Waals surface area contributed by atoms with Crippen LogP contribution in [0.3, 0.4) is 0 Å². The first-order valence-corrected chi connectivity index (χ1v) is 12.5. The zero-order valence-corrected chi connectivity index (χ0v) is 20.4. The van der Waals surface area contributed by atoms with Gasteiger partial charge in [-0.1, -0.05) is 79.2 Å². The minimum atomic E-state index is 0.540. The minimum Gasteiger partial charge on any atom is -0.488 e. The SMILES string of the molecule is CCN1CCc2c(c(-c3ccccc3OCc3ccc(C)cc3)nc3ccc4ccccc4c23)C1. The summed E-state index contributed by atoms with van der Waals surface area (Å²) in [6.07, 6.45) is 1.04. The van der Waals surface area contributed by atoms with Crippen LogP contribution in [-0.4, -0.2) is 23.0 Å². The van der Waals surface area contributed by atoms with E-state index < -0.39 is 0 Å². The van der Waals surface area contributed by atoms with Crippen LogP contribution in [0.2, 0.25) is 0 Å². The Balaban J connectivity index is 1.51. The lowest BCUT2D eigenvalue weighted by Crippen LogP contribution is -2.31. The molecule has 35 heavy (non-hydrogen) atoms. The van der Waals surface area contributed by atoms with Crippen molar-refractivity contribution in [2.75, 3.05) is 13.1 Å². The van der Waals surface area contributed by atoms with Crippen LogP contribution in [0.4, 0.5) is 0 Å². The van der Waals surface area contributed by atoms with Crippen molar-refractivity contribution < 1.29 is 4.74 Å². The highest BCUT2D eigenvalue weighted by Gasteiger charge is 2.25. The van der Waals surface area contributed by atoms with Gasteiger partial charge in [0.25, 0.3) is 0 Å². The number of hydrogen-bond acceptors (Lipinski definition) is 3. The first kappa shape index (κ1) is 21.8. The molecule has 1 aliphatic rings. The van der Waals surface area contributed by atoms with Gasteiger partial charge in [0.1, 0.15) is 12.4 Å². The van der Waals surface area contributed by atoms with Gasteiger partial charge in [0.15, 0.2) is 0 Å². The van der Waals surface area contributed by atoms with E-state index in [9.17, 15) is 0 Å². The van der Waals surface area contributed by atoms with Gasteiger partial charge in [-0.25, -0.2) is 4.98 Å². The number of aromatic nitrogens is 1. The number of likely N-dealkylation sites (N-methyl/N-ethyl adjacent to an activating group) is 1. The molecule has 0 amide bonds. The second kappa shape index (κ2) is 9.16. The highest BCUT2D eigenvalue weighted by atomic mass is 16.5. The van der Waals surface area contributed by atoms with Crippen LogP contribution in [-0.2, 0) is 19.6 Å². The average Bonchev–Trinajstić information content (AvgIpc) is 2.92. The molecule has 1 aromatic heterocycles. The maximum absolute atomic E-state index is 6.39. The molecule has 3 nitrogen and oxygen atoms in total. The van der Waals surface area contributed by atoms with Crippen LogP contribution in [0.25, 0.3) is 32.9 Å². The highest BCUT2D eigenvalue weighted by molar-refractivity contribution is 6.09. The van der Waals surface area contributed by atoms with Crippen molar-refractivity contribution in [3.8, 4) is 17.0 Å². The van der Waals surface area contributed by atoms with Crippen LogP contribution >= 0.6 is 0 Å². The second-order valence-electron chi connectivity index (χ2n) is 9.49. The monoisotopic (exact) mass is 458 g/mol. The number of fused-ring (bicyclic) bond motifs is 5. The lowest BCUT2D eigenvalue weighted by atomic mass is 9.89. The van der Waals surface area contributed by atoms with E-state index in [0.717, 1.165) is 48.6 Å². The van der Waals surface area contributed by atoms with Crippen LogP contribution in [0.5, 0.6) is 5.75 Å². The van der Waals surface area contributed by atoms with Gasteiger partial charge in [-0.3, -0.25) is 4.90 Å². The Bertz CT molecular complexity index is 1520. The first-order valence-electron chi connectivity index (χ1n) is 12.5. The number of hydrogen-bond donors (Lipinski definition) is 0. The number of para-hydroxylation sites is 1. The lowest BCUT2D eigenvalue weighted by Gasteiger charge is -2.30. The summed E-state index contributed by atoms with van der Waals surface area (Å²) in [7, 11) is 0. The Morgan fingerprint density at radius 1 is 0.857 bits per heavy atom. The van der Waals surface area contributed by atoms with E-state index in [1.807, 2.05) is 6.07 Å². The Kier molecular flexibility index (Phi) is 5.71. The van der Waals surface area contributed by atoms with Crippen LogP contribution in [0, 0.1) is 6.92 Å². The maximum atomic E-state index is 6.39. The molecular weight excluding hydrogens is 428 g/mol. The molecule has 5 aromatic rings. The van der Waals surface area contributed by atoms with Crippen molar-refractivity contribution in [2.24, 2.45) is 0 Å². The molecular formula is C32H30N2O. The minimum absolute atomic E-state index is 0.540. The molecule has 0 fully saturated rings. The molecule has 3 heteroatoms. The number of pyridine rings is 1. The highest BCUT2D eigenvalue weighted by Crippen LogP contribution is 2.40. The largest absolute Gasteiger partial charge is 0.488 e. The lowest BCUT2D eigenvalue weighted by molar-refractivity contribution is 0.269. The topological polar surface area (TPSA) is 25.4 Å². The fraction of sp³-hybridized carbons (Fsp3) is 0.219. The van der Waals surface area contributed by atoms with Crippen molar-refractivity contribution >= 4 is 21.7 Å². The Morgan fingerprint density at radius 2 is 1.66 bits per heavy atom. The van der Waals surface area contributed by atoms with Gasteiger partial charge in [-0.2, -0.15) is 0 Å². The molecule has 0 radical (unpaired) electrons. The Labute approximate surface area is 207 Å². The van der Waals surface area contributed by atoms with E-state index in [2.05, 4.69) is 97.6 Å². The van der Waals surface area contributed by atoms with Gasteiger partial charge in [0, 0.05) is 24.0 Å². The van der Waals surface area contributed by atoms with Crippen molar-refractivity contribution in [2.45, 2.75) is 33.4 Å². The molecule has 6 rings (SSSR count). The van der Waals surface area contributed by atoms with Gasteiger partial charge in [-0.05, 0) is 65.6 Å². The Hall–Kier alpha value is -3.69. The molecule has 2 heterocycles. The van der Waals surface area contributed by atoms with E-state index in [4.69, 9.17) is 9.72 Å². The normalized spacial score (nSPS) is 13.8. The second-order valence-corrected chi connectivity index (χ2v) is 9.49. The predicted octanol–water partition coefficient (Wildman–Crippen LogP) is 7.32. The number of rotatable bonds is 5. The van der Waals surface area contributed by atoms with E-state index in [1.54, 1.807) is 0 Å². The molecule has 0 spiro atoms. The van der Waals surface area contributed by atoms with Gasteiger partial charge >= 0.3 is 0 Å². The van der Waals surface area contributed by atoms with Gasteiger partial charge in [-0.15, -0.1) is 0 Å². The quantitative estimate of drug-likeness (QED) is 0.258. The molecule has 1 aliphatic heterocycles. The van der Waals surface area contributed by atoms with E-state index >= 15 is 0 Å². The van der Waals surface area contributed by atoms with Crippen LogP contribution in [0.15, 0.2) is 84.9 Å². The molecule has 0 atom stereocenters. The third-order valence-corrected chi connectivity index (χ3v) is 7.26. The van der Waals surface area contributed by atoms with Crippen molar-refractivity contribution in [1.82, 2.24) is 9.88 Å². The molecule has 0 unspecified atom stereocenters. The summed E-state index contributed by atoms with van der Waals surface area (Å²) < 4.78 is 6.39. The summed E-state index contributed by atoms with van der Waals surface area (Å²) in [4.78, 5) is 7.81. The predicted molar refractivity (Wildman–Crippen MR) is 145 cm³/mol. The summed E-state index contributed by atoms with van der Waals surface area (Å²) in [5.74, 6) is 0.886. The molecule has 0 saturated heterocycles. The summed E-state index contributed by atoms with van der Waals surface area (Å²) in [5.41, 5.74) is 8.41. The third kappa shape index (κ3) is 4.06. The van der Waals surface area contributed by atoms with Gasteiger partial charge in [0.2, 0.25) is 0 Å².